The van der Waals surface area contributed by atoms with Crippen LogP contribution in [0.3, 0.4) is 0 Å². The van der Waals surface area contributed by atoms with E-state index in [9.17, 15) is 4.79 Å². The van der Waals surface area contributed by atoms with Crippen molar-refractivity contribution in [3.63, 3.8) is 0 Å². The summed E-state index contributed by atoms with van der Waals surface area (Å²) < 4.78 is 0. The molecule has 0 radical (unpaired) electrons. The Hall–Kier alpha value is -2.50. The highest BCUT2D eigenvalue weighted by atomic mass is 35.5. The van der Waals surface area contributed by atoms with Crippen LogP contribution in [0.5, 0.6) is 0 Å². The standard InChI is InChI=1S/C18H17ClN4O/c1-18(2,20)12-3-5-13(6-4-12)22-16-11(10-24)9-21-14-7-8-15(19)23-17(14)16/h3-10H,20H2,1-2H3,(H,21,22). The van der Waals surface area contributed by atoms with Gasteiger partial charge in [0.15, 0.2) is 6.29 Å². The zero-order chi connectivity index (χ0) is 17.3. The van der Waals surface area contributed by atoms with E-state index in [1.807, 2.05) is 38.1 Å². The van der Waals surface area contributed by atoms with E-state index in [0.29, 0.717) is 27.4 Å². The summed E-state index contributed by atoms with van der Waals surface area (Å²) in [5, 5.41) is 3.58. The van der Waals surface area contributed by atoms with Crippen molar-refractivity contribution in [1.82, 2.24) is 9.97 Å². The molecule has 0 aliphatic rings. The minimum atomic E-state index is -0.412. The molecule has 0 spiro atoms. The highest BCUT2D eigenvalue weighted by Gasteiger charge is 2.14. The van der Waals surface area contributed by atoms with Crippen LogP contribution in [0.25, 0.3) is 11.0 Å². The Balaban J connectivity index is 2.05. The fourth-order valence-electron chi connectivity index (χ4n) is 2.40. The van der Waals surface area contributed by atoms with Gasteiger partial charge in [0.05, 0.1) is 16.8 Å². The van der Waals surface area contributed by atoms with E-state index in [0.717, 1.165) is 17.5 Å². The summed E-state index contributed by atoms with van der Waals surface area (Å²) in [6.07, 6.45) is 2.26. The van der Waals surface area contributed by atoms with Crippen LogP contribution in [0.4, 0.5) is 11.4 Å². The molecular weight excluding hydrogens is 324 g/mol. The van der Waals surface area contributed by atoms with Crippen molar-refractivity contribution in [2.75, 3.05) is 5.32 Å². The molecule has 0 atom stereocenters. The predicted octanol–water partition coefficient (Wildman–Crippen LogP) is 4.03. The van der Waals surface area contributed by atoms with Gasteiger partial charge in [-0.25, -0.2) is 4.98 Å². The monoisotopic (exact) mass is 340 g/mol. The number of carbonyl (C=O) groups is 1. The largest absolute Gasteiger partial charge is 0.353 e. The Morgan fingerprint density at radius 1 is 1.17 bits per heavy atom. The van der Waals surface area contributed by atoms with Crippen LogP contribution in [0.2, 0.25) is 5.15 Å². The Kier molecular flexibility index (Phi) is 4.22. The molecule has 0 bridgehead atoms. The molecule has 3 rings (SSSR count). The van der Waals surface area contributed by atoms with Crippen molar-refractivity contribution in [2.45, 2.75) is 19.4 Å². The Morgan fingerprint density at radius 3 is 2.50 bits per heavy atom. The molecule has 24 heavy (non-hydrogen) atoms. The van der Waals surface area contributed by atoms with Gasteiger partial charge in [-0.05, 0) is 43.7 Å². The average molecular weight is 341 g/mol. The fraction of sp³-hybridized carbons (Fsp3) is 0.167. The first-order chi connectivity index (χ1) is 11.4. The van der Waals surface area contributed by atoms with Crippen molar-refractivity contribution in [3.05, 3.63) is 58.9 Å². The smallest absolute Gasteiger partial charge is 0.153 e. The maximum atomic E-state index is 11.4. The number of benzene rings is 1. The lowest BCUT2D eigenvalue weighted by Crippen LogP contribution is -2.28. The van der Waals surface area contributed by atoms with Gasteiger partial charge >= 0.3 is 0 Å². The van der Waals surface area contributed by atoms with Gasteiger partial charge in [0.1, 0.15) is 10.7 Å². The van der Waals surface area contributed by atoms with Crippen molar-refractivity contribution in [3.8, 4) is 0 Å². The molecular formula is C18H17ClN4O. The quantitative estimate of drug-likeness (QED) is 0.553. The van der Waals surface area contributed by atoms with Gasteiger partial charge < -0.3 is 11.1 Å². The number of hydrogen-bond donors (Lipinski definition) is 2. The second-order valence-electron chi connectivity index (χ2n) is 6.13. The molecule has 2 heterocycles. The number of anilines is 2. The first-order valence-electron chi connectivity index (χ1n) is 7.45. The highest BCUT2D eigenvalue weighted by Crippen LogP contribution is 2.29. The fourth-order valence-corrected chi connectivity index (χ4v) is 2.55. The van der Waals surface area contributed by atoms with E-state index in [1.165, 1.54) is 6.20 Å². The molecule has 0 amide bonds. The van der Waals surface area contributed by atoms with Gasteiger partial charge in [-0.3, -0.25) is 9.78 Å². The normalized spacial score (nSPS) is 11.5. The van der Waals surface area contributed by atoms with Crippen LogP contribution in [0.15, 0.2) is 42.6 Å². The molecule has 0 aliphatic heterocycles. The molecule has 122 valence electrons. The van der Waals surface area contributed by atoms with Crippen LogP contribution in [-0.2, 0) is 5.54 Å². The van der Waals surface area contributed by atoms with Gasteiger partial charge in [-0.2, -0.15) is 0 Å². The first kappa shape index (κ1) is 16.4. The summed E-state index contributed by atoms with van der Waals surface area (Å²) in [5.74, 6) is 0. The molecule has 0 aliphatic carbocycles. The predicted molar refractivity (Wildman–Crippen MR) is 96.9 cm³/mol. The Morgan fingerprint density at radius 2 is 1.88 bits per heavy atom. The van der Waals surface area contributed by atoms with E-state index in [4.69, 9.17) is 17.3 Å². The molecule has 1 aromatic carbocycles. The average Bonchev–Trinajstić information content (AvgIpc) is 2.55. The molecule has 0 saturated heterocycles. The maximum absolute atomic E-state index is 11.4. The van der Waals surface area contributed by atoms with E-state index < -0.39 is 5.54 Å². The summed E-state index contributed by atoms with van der Waals surface area (Å²) >= 11 is 5.99. The van der Waals surface area contributed by atoms with Crippen LogP contribution in [0.1, 0.15) is 29.8 Å². The number of nitrogens with one attached hydrogen (secondary N) is 1. The van der Waals surface area contributed by atoms with Crippen molar-refractivity contribution < 1.29 is 4.79 Å². The van der Waals surface area contributed by atoms with Crippen LogP contribution >= 0.6 is 11.6 Å². The number of nitrogens with two attached hydrogens (primary N) is 1. The molecule has 6 heteroatoms. The lowest BCUT2D eigenvalue weighted by Gasteiger charge is -2.19. The van der Waals surface area contributed by atoms with Gasteiger partial charge in [-0.15, -0.1) is 0 Å². The SMILES string of the molecule is CC(C)(N)c1ccc(Nc2c(C=O)cnc3ccc(Cl)nc23)cc1. The maximum Gasteiger partial charge on any atom is 0.153 e. The van der Waals surface area contributed by atoms with Crippen LogP contribution in [-0.4, -0.2) is 16.3 Å². The van der Waals surface area contributed by atoms with E-state index in [2.05, 4.69) is 15.3 Å². The molecule has 3 N–H and O–H groups in total. The minimum Gasteiger partial charge on any atom is -0.353 e. The van der Waals surface area contributed by atoms with E-state index in [-0.39, 0.29) is 0 Å². The molecule has 0 fully saturated rings. The molecule has 0 unspecified atom stereocenters. The van der Waals surface area contributed by atoms with Crippen molar-refractivity contribution in [2.24, 2.45) is 5.73 Å². The molecule has 5 nitrogen and oxygen atoms in total. The summed E-state index contributed by atoms with van der Waals surface area (Å²) in [7, 11) is 0. The van der Waals surface area contributed by atoms with Gasteiger partial charge in [-0.1, -0.05) is 23.7 Å². The van der Waals surface area contributed by atoms with E-state index >= 15 is 0 Å². The van der Waals surface area contributed by atoms with Gasteiger partial charge in [0, 0.05) is 17.4 Å². The first-order valence-corrected chi connectivity index (χ1v) is 7.83. The number of carbonyl (C=O) groups excluding carboxylic acids is 1. The molecule has 3 aromatic rings. The third kappa shape index (κ3) is 3.22. The van der Waals surface area contributed by atoms with Gasteiger partial charge in [0.25, 0.3) is 0 Å². The lowest BCUT2D eigenvalue weighted by molar-refractivity contribution is 0.112. The third-order valence-corrected chi connectivity index (χ3v) is 3.94. The Bertz CT molecular complexity index is 901. The highest BCUT2D eigenvalue weighted by molar-refractivity contribution is 6.29. The van der Waals surface area contributed by atoms with Crippen molar-refractivity contribution >= 4 is 40.3 Å². The van der Waals surface area contributed by atoms with Crippen molar-refractivity contribution in [1.29, 1.82) is 0 Å². The number of pyridine rings is 2. The summed E-state index contributed by atoms with van der Waals surface area (Å²) in [6.45, 7) is 3.89. The summed E-state index contributed by atoms with van der Waals surface area (Å²) in [5.41, 5.74) is 9.73. The number of halogens is 1. The number of aldehydes is 1. The number of aromatic nitrogens is 2. The van der Waals surface area contributed by atoms with Gasteiger partial charge in [0.2, 0.25) is 0 Å². The zero-order valence-electron chi connectivity index (χ0n) is 13.4. The number of rotatable bonds is 4. The third-order valence-electron chi connectivity index (χ3n) is 3.73. The summed E-state index contributed by atoms with van der Waals surface area (Å²) in [6, 6.07) is 11.2. The topological polar surface area (TPSA) is 80.9 Å². The lowest BCUT2D eigenvalue weighted by atomic mass is 9.95. The number of fused-ring (bicyclic) bond motifs is 1. The summed E-state index contributed by atoms with van der Waals surface area (Å²) in [4.78, 5) is 19.9. The number of hydrogen-bond acceptors (Lipinski definition) is 5. The Labute approximate surface area is 144 Å². The van der Waals surface area contributed by atoms with Crippen LogP contribution in [0, 0.1) is 0 Å². The number of nitrogens with zero attached hydrogens (tertiary/aromatic N) is 2. The second kappa shape index (κ2) is 6.19. The van der Waals surface area contributed by atoms with E-state index in [1.54, 1.807) is 12.1 Å². The zero-order valence-corrected chi connectivity index (χ0v) is 14.1. The minimum absolute atomic E-state index is 0.343. The second-order valence-corrected chi connectivity index (χ2v) is 6.52. The molecule has 2 aromatic heterocycles. The molecule has 0 saturated carbocycles. The van der Waals surface area contributed by atoms with Crippen LogP contribution < -0.4 is 11.1 Å².